The zero-order valence-corrected chi connectivity index (χ0v) is 7.96. The highest BCUT2D eigenvalue weighted by molar-refractivity contribution is 5.83. The van der Waals surface area contributed by atoms with Gasteiger partial charge < -0.3 is 4.98 Å². The fourth-order valence-corrected chi connectivity index (χ4v) is 1.63. The minimum atomic E-state index is -0.251. The number of benzene rings is 1. The van der Waals surface area contributed by atoms with E-state index < -0.39 is 0 Å². The first-order valence-electron chi connectivity index (χ1n) is 4.61. The first-order chi connectivity index (χ1) is 7.33. The Bertz CT molecular complexity index is 526. The number of fused-ring (bicyclic) bond motifs is 1. The lowest BCUT2D eigenvalue weighted by Crippen LogP contribution is -1.88. The molecule has 1 aromatic heterocycles. The molecule has 0 spiro atoms. The second kappa shape index (κ2) is 4.07. The molecule has 0 saturated heterocycles. The number of halogens is 1. The molecule has 1 heterocycles. The van der Waals surface area contributed by atoms with Crippen LogP contribution in [0.2, 0.25) is 0 Å². The smallest absolute Gasteiger partial charge is 0.234 e. The van der Waals surface area contributed by atoms with Gasteiger partial charge in [0.05, 0.1) is 6.54 Å². The average molecular weight is 204 g/mol. The summed E-state index contributed by atoms with van der Waals surface area (Å²) in [5.41, 5.74) is 1.60. The standard InChI is InChI=1S/C11H9FN2O/c12-9-2-1-3-10-11(9)8(6-14-10)4-5-13-7-15/h1-3,6,14H,4-5H2. The number of aromatic nitrogens is 1. The lowest BCUT2D eigenvalue weighted by molar-refractivity contribution is 0.563. The van der Waals surface area contributed by atoms with Crippen molar-refractivity contribution < 1.29 is 9.18 Å². The Morgan fingerprint density at radius 1 is 1.47 bits per heavy atom. The minimum absolute atomic E-state index is 0.251. The number of carbonyl (C=O) groups excluding carboxylic acids is 1. The fourth-order valence-electron chi connectivity index (χ4n) is 1.63. The maximum Gasteiger partial charge on any atom is 0.234 e. The van der Waals surface area contributed by atoms with Gasteiger partial charge in [0.25, 0.3) is 0 Å². The summed E-state index contributed by atoms with van der Waals surface area (Å²) in [4.78, 5) is 16.3. The van der Waals surface area contributed by atoms with Crippen LogP contribution in [0.1, 0.15) is 5.56 Å². The summed E-state index contributed by atoms with van der Waals surface area (Å²) in [5.74, 6) is -0.251. The molecule has 0 fully saturated rings. The Morgan fingerprint density at radius 3 is 3.13 bits per heavy atom. The van der Waals surface area contributed by atoms with Crippen LogP contribution in [0.15, 0.2) is 29.4 Å². The van der Waals surface area contributed by atoms with E-state index in [0.29, 0.717) is 18.4 Å². The molecule has 1 N–H and O–H groups in total. The van der Waals surface area contributed by atoms with Gasteiger partial charge in [-0.25, -0.2) is 14.2 Å². The van der Waals surface area contributed by atoms with Gasteiger partial charge in [0.1, 0.15) is 5.82 Å². The molecule has 1 aromatic carbocycles. The zero-order chi connectivity index (χ0) is 10.7. The third-order valence-electron chi connectivity index (χ3n) is 2.29. The number of isocyanates is 1. The van der Waals surface area contributed by atoms with E-state index in [4.69, 9.17) is 0 Å². The van der Waals surface area contributed by atoms with Crippen LogP contribution in [0.4, 0.5) is 4.39 Å². The third kappa shape index (κ3) is 1.80. The largest absolute Gasteiger partial charge is 0.361 e. The van der Waals surface area contributed by atoms with Crippen molar-refractivity contribution in [2.45, 2.75) is 6.42 Å². The highest BCUT2D eigenvalue weighted by Crippen LogP contribution is 2.21. The van der Waals surface area contributed by atoms with Crippen LogP contribution < -0.4 is 0 Å². The van der Waals surface area contributed by atoms with Crippen LogP contribution in [0.3, 0.4) is 0 Å². The number of aliphatic imine (C=N–C) groups is 1. The van der Waals surface area contributed by atoms with Crippen LogP contribution in [0, 0.1) is 5.82 Å². The van der Waals surface area contributed by atoms with Crippen LogP contribution in [0.25, 0.3) is 10.9 Å². The van der Waals surface area contributed by atoms with E-state index in [9.17, 15) is 9.18 Å². The summed E-state index contributed by atoms with van der Waals surface area (Å²) in [7, 11) is 0. The van der Waals surface area contributed by atoms with Crippen LogP contribution in [-0.4, -0.2) is 17.6 Å². The van der Waals surface area contributed by atoms with E-state index in [-0.39, 0.29) is 5.82 Å². The van der Waals surface area contributed by atoms with Gasteiger partial charge in [-0.05, 0) is 24.1 Å². The summed E-state index contributed by atoms with van der Waals surface area (Å²) in [5, 5.41) is 0.582. The quantitative estimate of drug-likeness (QED) is 0.604. The zero-order valence-electron chi connectivity index (χ0n) is 7.96. The molecule has 0 saturated carbocycles. The monoisotopic (exact) mass is 204 g/mol. The predicted molar refractivity (Wildman–Crippen MR) is 54.9 cm³/mol. The molecule has 0 amide bonds. The molecule has 3 nitrogen and oxygen atoms in total. The van der Waals surface area contributed by atoms with Crippen molar-refractivity contribution in [1.29, 1.82) is 0 Å². The van der Waals surface area contributed by atoms with Gasteiger partial charge in [-0.1, -0.05) is 6.07 Å². The number of hydrogen-bond acceptors (Lipinski definition) is 2. The summed E-state index contributed by atoms with van der Waals surface area (Å²) in [6.45, 7) is 0.338. The Hall–Kier alpha value is -1.93. The van der Waals surface area contributed by atoms with E-state index >= 15 is 0 Å². The molecule has 76 valence electrons. The van der Waals surface area contributed by atoms with Gasteiger partial charge in [0.2, 0.25) is 6.08 Å². The fraction of sp³-hybridized carbons (Fsp3) is 0.182. The van der Waals surface area contributed by atoms with Gasteiger partial charge in [0, 0.05) is 17.1 Å². The minimum Gasteiger partial charge on any atom is -0.361 e. The molecule has 0 radical (unpaired) electrons. The van der Waals surface area contributed by atoms with Gasteiger partial charge in [-0.15, -0.1) is 0 Å². The number of nitrogens with one attached hydrogen (secondary N) is 1. The van der Waals surface area contributed by atoms with Crippen molar-refractivity contribution in [2.24, 2.45) is 4.99 Å². The summed E-state index contributed by atoms with van der Waals surface area (Å²) < 4.78 is 13.5. The molecule has 15 heavy (non-hydrogen) atoms. The van der Waals surface area contributed by atoms with Gasteiger partial charge in [-0.3, -0.25) is 0 Å². The molecule has 2 rings (SSSR count). The van der Waals surface area contributed by atoms with E-state index in [1.54, 1.807) is 12.3 Å². The number of rotatable bonds is 3. The molecule has 0 unspecified atom stereocenters. The number of H-pyrrole nitrogens is 1. The van der Waals surface area contributed by atoms with Crippen LogP contribution in [-0.2, 0) is 11.2 Å². The first kappa shape index (κ1) is 9.62. The van der Waals surface area contributed by atoms with Crippen molar-refractivity contribution in [2.75, 3.05) is 6.54 Å². The van der Waals surface area contributed by atoms with Crippen molar-refractivity contribution in [1.82, 2.24) is 4.98 Å². The molecule has 0 aliphatic carbocycles. The van der Waals surface area contributed by atoms with Crippen LogP contribution in [0.5, 0.6) is 0 Å². The van der Waals surface area contributed by atoms with Crippen LogP contribution >= 0.6 is 0 Å². The Kier molecular flexibility index (Phi) is 2.61. The van der Waals surface area contributed by atoms with Gasteiger partial charge in [0.15, 0.2) is 0 Å². The Balaban J connectivity index is 2.39. The second-order valence-electron chi connectivity index (χ2n) is 3.20. The molecule has 2 aromatic rings. The molecule has 0 bridgehead atoms. The summed E-state index contributed by atoms with van der Waals surface area (Å²) in [6.07, 6.45) is 3.75. The highest BCUT2D eigenvalue weighted by Gasteiger charge is 2.07. The Labute approximate surface area is 85.6 Å². The highest BCUT2D eigenvalue weighted by atomic mass is 19.1. The summed E-state index contributed by atoms with van der Waals surface area (Å²) >= 11 is 0. The molecule has 4 heteroatoms. The number of hydrogen-bond donors (Lipinski definition) is 1. The van der Waals surface area contributed by atoms with Gasteiger partial charge in [-0.2, -0.15) is 0 Å². The van der Waals surface area contributed by atoms with E-state index in [1.807, 2.05) is 6.07 Å². The van der Waals surface area contributed by atoms with Gasteiger partial charge >= 0.3 is 0 Å². The molecular weight excluding hydrogens is 195 g/mol. The summed E-state index contributed by atoms with van der Waals surface area (Å²) in [6, 6.07) is 4.88. The Morgan fingerprint density at radius 2 is 2.33 bits per heavy atom. The maximum atomic E-state index is 13.5. The average Bonchev–Trinajstić information content (AvgIpc) is 2.63. The molecular formula is C11H9FN2O. The maximum absolute atomic E-state index is 13.5. The van der Waals surface area contributed by atoms with Crippen molar-refractivity contribution in [3.05, 3.63) is 35.8 Å². The molecule has 0 aliphatic heterocycles. The van der Waals surface area contributed by atoms with Crippen molar-refractivity contribution in [3.63, 3.8) is 0 Å². The van der Waals surface area contributed by atoms with E-state index in [0.717, 1.165) is 11.1 Å². The SMILES string of the molecule is O=C=NCCc1c[nH]c2cccc(F)c12. The lowest BCUT2D eigenvalue weighted by atomic mass is 10.1. The van der Waals surface area contributed by atoms with Crippen molar-refractivity contribution >= 4 is 17.0 Å². The van der Waals surface area contributed by atoms with E-state index in [1.165, 1.54) is 12.1 Å². The number of nitrogens with zero attached hydrogens (tertiary/aromatic N) is 1. The topological polar surface area (TPSA) is 45.2 Å². The first-order valence-corrected chi connectivity index (χ1v) is 4.61. The number of aromatic amines is 1. The lowest BCUT2D eigenvalue weighted by Gasteiger charge is -1.96. The molecule has 0 aliphatic rings. The molecule has 0 atom stereocenters. The predicted octanol–water partition coefficient (Wildman–Crippen LogP) is 2.19. The van der Waals surface area contributed by atoms with Crippen molar-refractivity contribution in [3.8, 4) is 0 Å². The normalized spacial score (nSPS) is 10.2. The second-order valence-corrected chi connectivity index (χ2v) is 3.20. The third-order valence-corrected chi connectivity index (χ3v) is 2.29. The van der Waals surface area contributed by atoms with E-state index in [2.05, 4.69) is 9.98 Å².